The molecule has 1 aromatic rings. The summed E-state index contributed by atoms with van der Waals surface area (Å²) in [4.78, 5) is 0. The molecule has 0 amide bonds. The van der Waals surface area contributed by atoms with E-state index in [4.69, 9.17) is 5.11 Å². The first-order valence-corrected chi connectivity index (χ1v) is 6.15. The quantitative estimate of drug-likeness (QED) is 0.828. The average molecular weight is 272 g/mol. The van der Waals surface area contributed by atoms with Gasteiger partial charge in [-0.3, -0.25) is 0 Å². The molecule has 0 aromatic heterocycles. The number of nitrogens with one attached hydrogen (secondary N) is 1. The van der Waals surface area contributed by atoms with Crippen molar-refractivity contribution in [1.29, 1.82) is 0 Å². The number of benzene rings is 1. The predicted molar refractivity (Wildman–Crippen MR) is 53.7 cm³/mol. The van der Waals surface area contributed by atoms with E-state index in [1.54, 1.807) is 0 Å². The third kappa shape index (κ3) is 8.41. The zero-order chi connectivity index (χ0) is 9.94. The second-order valence-corrected chi connectivity index (χ2v) is 3.61. The summed E-state index contributed by atoms with van der Waals surface area (Å²) in [6.45, 7) is 0.791. The summed E-state index contributed by atoms with van der Waals surface area (Å²) in [5, 5.41) is 11.5. The van der Waals surface area contributed by atoms with Gasteiger partial charge in [0.05, 0.1) is 6.61 Å². The van der Waals surface area contributed by atoms with E-state index in [1.165, 1.54) is 0 Å². The summed E-state index contributed by atoms with van der Waals surface area (Å²) in [5.41, 5.74) is 1.05. The summed E-state index contributed by atoms with van der Waals surface area (Å²) < 4.78 is 0. The van der Waals surface area contributed by atoms with Crippen LogP contribution in [0.25, 0.3) is 0 Å². The summed E-state index contributed by atoms with van der Waals surface area (Å²) in [7, 11) is 9.34. The Balaban J connectivity index is 0.000000424. The number of anilines is 1. The minimum absolute atomic E-state index is 0.175. The van der Waals surface area contributed by atoms with Crippen LogP contribution in [0.15, 0.2) is 30.3 Å². The third-order valence-corrected chi connectivity index (χ3v) is 1.21. The molecule has 0 unspecified atom stereocenters. The maximum atomic E-state index is 8.47. The molecule has 0 fully saturated rings. The standard InChI is InChI=1S/C8H11NO.2ClH.Cu/c10-7-6-9-8-4-2-1-3-5-8;;;/h1-5,9-10H,6-7H2;2*1H;/q;;;+2/p-2. The zero-order valence-electron chi connectivity index (χ0n) is 6.81. The Morgan fingerprint density at radius 3 is 2.23 bits per heavy atom. The van der Waals surface area contributed by atoms with Crippen LogP contribution in [0, 0.1) is 0 Å². The van der Waals surface area contributed by atoms with Crippen molar-refractivity contribution in [2.45, 2.75) is 0 Å². The molecule has 1 rings (SSSR count). The minimum atomic E-state index is 0.175. The molecule has 13 heavy (non-hydrogen) atoms. The molecule has 0 bridgehead atoms. The fourth-order valence-corrected chi connectivity index (χ4v) is 0.756. The number of hydrogen-bond acceptors (Lipinski definition) is 2. The third-order valence-electron chi connectivity index (χ3n) is 1.21. The Morgan fingerprint density at radius 2 is 1.77 bits per heavy atom. The van der Waals surface area contributed by atoms with Crippen LogP contribution in [0.5, 0.6) is 0 Å². The fourth-order valence-electron chi connectivity index (χ4n) is 0.756. The molecule has 5 heteroatoms. The van der Waals surface area contributed by atoms with E-state index >= 15 is 0 Å². The van der Waals surface area contributed by atoms with Gasteiger partial charge in [0, 0.05) is 12.2 Å². The molecular formula is C8H11Cl2CuNO. The van der Waals surface area contributed by atoms with Crippen molar-refractivity contribution < 1.29 is 18.2 Å². The van der Waals surface area contributed by atoms with Crippen LogP contribution >= 0.6 is 20.2 Å². The van der Waals surface area contributed by atoms with Gasteiger partial charge in [-0.2, -0.15) is 0 Å². The van der Waals surface area contributed by atoms with Gasteiger partial charge in [-0.05, 0) is 12.1 Å². The van der Waals surface area contributed by atoms with Gasteiger partial charge >= 0.3 is 33.3 Å². The molecule has 0 radical (unpaired) electrons. The van der Waals surface area contributed by atoms with Crippen molar-refractivity contribution in [3.63, 3.8) is 0 Å². The van der Waals surface area contributed by atoms with Gasteiger partial charge in [0.25, 0.3) is 0 Å². The normalized spacial score (nSPS) is 8.85. The zero-order valence-corrected chi connectivity index (χ0v) is 9.26. The molecule has 0 heterocycles. The first-order chi connectivity index (χ1) is 6.35. The number of para-hydroxylation sites is 1. The second kappa shape index (κ2) is 10.2. The van der Waals surface area contributed by atoms with E-state index in [9.17, 15) is 0 Å². The first-order valence-electron chi connectivity index (χ1n) is 3.56. The monoisotopic (exact) mass is 270 g/mol. The van der Waals surface area contributed by atoms with Gasteiger partial charge in [-0.15, -0.1) is 0 Å². The Labute approximate surface area is 92.9 Å². The van der Waals surface area contributed by atoms with E-state index < -0.39 is 0 Å². The molecule has 0 aliphatic rings. The molecule has 0 aliphatic heterocycles. The molecule has 2 nitrogen and oxygen atoms in total. The van der Waals surface area contributed by atoms with E-state index in [2.05, 4.69) is 25.5 Å². The number of rotatable bonds is 3. The number of aliphatic hydroxyl groups excluding tert-OH is 1. The van der Waals surface area contributed by atoms with E-state index in [1.807, 2.05) is 30.3 Å². The first kappa shape index (κ1) is 13.1. The molecule has 0 spiro atoms. The molecule has 2 N–H and O–H groups in total. The van der Waals surface area contributed by atoms with Crippen LogP contribution in [0.4, 0.5) is 5.69 Å². The molecule has 0 aliphatic carbocycles. The van der Waals surface area contributed by atoms with Crippen molar-refractivity contribution in [1.82, 2.24) is 0 Å². The van der Waals surface area contributed by atoms with Crippen LogP contribution in [-0.4, -0.2) is 18.3 Å². The van der Waals surface area contributed by atoms with Gasteiger partial charge < -0.3 is 10.4 Å². The van der Waals surface area contributed by atoms with Crippen molar-refractivity contribution in [3.8, 4) is 0 Å². The van der Waals surface area contributed by atoms with Gasteiger partial charge in [0.15, 0.2) is 0 Å². The van der Waals surface area contributed by atoms with Gasteiger partial charge in [-0.25, -0.2) is 0 Å². The van der Waals surface area contributed by atoms with E-state index in [-0.39, 0.29) is 6.61 Å². The Hall–Kier alpha value is 0.0795. The number of aliphatic hydroxyl groups is 1. The summed E-state index contributed by atoms with van der Waals surface area (Å²) >= 11 is 0.757. The molecule has 0 atom stereocenters. The van der Waals surface area contributed by atoms with Crippen molar-refractivity contribution >= 4 is 25.9 Å². The van der Waals surface area contributed by atoms with Gasteiger partial charge in [0.1, 0.15) is 0 Å². The Kier molecular flexibility index (Phi) is 10.2. The molecule has 0 saturated heterocycles. The van der Waals surface area contributed by atoms with Crippen LogP contribution < -0.4 is 5.32 Å². The Bertz CT molecular complexity index is 199. The molecule has 0 saturated carbocycles. The molecule has 1 aromatic carbocycles. The number of hydrogen-bond donors (Lipinski definition) is 2. The molecule has 79 valence electrons. The van der Waals surface area contributed by atoms with E-state index in [0.717, 1.165) is 18.8 Å². The summed E-state index contributed by atoms with van der Waals surface area (Å²) in [6.07, 6.45) is 0. The van der Waals surface area contributed by atoms with Crippen molar-refractivity contribution in [3.05, 3.63) is 30.3 Å². The average Bonchev–Trinajstić information content (AvgIpc) is 2.18. The maximum absolute atomic E-state index is 8.47. The van der Waals surface area contributed by atoms with Gasteiger partial charge in [-0.1, -0.05) is 18.2 Å². The molecular weight excluding hydrogens is 261 g/mol. The second-order valence-electron chi connectivity index (χ2n) is 2.06. The van der Waals surface area contributed by atoms with Crippen LogP contribution in [0.3, 0.4) is 0 Å². The van der Waals surface area contributed by atoms with Crippen LogP contribution in [-0.2, 0) is 13.1 Å². The SMILES string of the molecule is OCCNc1ccccc1.[Cl][Cu][Cl]. The van der Waals surface area contributed by atoms with Crippen molar-refractivity contribution in [2.75, 3.05) is 18.5 Å². The summed E-state index contributed by atoms with van der Waals surface area (Å²) in [5.74, 6) is 0. The number of halogens is 2. The van der Waals surface area contributed by atoms with Crippen LogP contribution in [0.2, 0.25) is 0 Å². The topological polar surface area (TPSA) is 32.3 Å². The van der Waals surface area contributed by atoms with Gasteiger partial charge in [0.2, 0.25) is 0 Å². The predicted octanol–water partition coefficient (Wildman–Crippen LogP) is 2.47. The Morgan fingerprint density at radius 1 is 1.23 bits per heavy atom. The summed E-state index contributed by atoms with van der Waals surface area (Å²) in [6, 6.07) is 9.81. The van der Waals surface area contributed by atoms with E-state index in [0.29, 0.717) is 6.54 Å². The van der Waals surface area contributed by atoms with Crippen molar-refractivity contribution in [2.24, 2.45) is 0 Å². The van der Waals surface area contributed by atoms with Crippen LogP contribution in [0.1, 0.15) is 0 Å². The fraction of sp³-hybridized carbons (Fsp3) is 0.250.